The summed E-state index contributed by atoms with van der Waals surface area (Å²) in [5.41, 5.74) is 4.26. The van der Waals surface area contributed by atoms with Crippen LogP contribution in [0.25, 0.3) is 0 Å². The molecule has 3 heteroatoms. The molecule has 0 aromatic carbocycles. The Labute approximate surface area is 136 Å². The van der Waals surface area contributed by atoms with E-state index in [-0.39, 0.29) is 0 Å². The first-order valence-corrected chi connectivity index (χ1v) is 8.97. The number of hydroxylamine groups is 1. The lowest BCUT2D eigenvalue weighted by Gasteiger charge is -2.11. The second-order valence-electron chi connectivity index (χ2n) is 6.39. The third-order valence-electron chi connectivity index (χ3n) is 4.18. The standard InChI is InChI=1S/C19H34N2O/c1-18(16-19-13-11-14-20-17-19)12-9-7-5-3-4-6-8-10-15-21-22-2/h11,13-14,17-18,21H,3-10,12,15-16H2,1-2H3/t18-/m1/s1. The molecule has 1 aromatic rings. The van der Waals surface area contributed by atoms with Crippen LogP contribution in [0.5, 0.6) is 0 Å². The molecule has 0 saturated carbocycles. The molecule has 0 aliphatic rings. The van der Waals surface area contributed by atoms with Gasteiger partial charge in [0.15, 0.2) is 0 Å². The summed E-state index contributed by atoms with van der Waals surface area (Å²) in [5.74, 6) is 0.775. The summed E-state index contributed by atoms with van der Waals surface area (Å²) >= 11 is 0. The highest BCUT2D eigenvalue weighted by Crippen LogP contribution is 2.16. The van der Waals surface area contributed by atoms with Gasteiger partial charge in [-0.25, -0.2) is 5.48 Å². The Morgan fingerprint density at radius 1 is 1.05 bits per heavy atom. The Balaban J connectivity index is 1.85. The van der Waals surface area contributed by atoms with Gasteiger partial charge >= 0.3 is 0 Å². The monoisotopic (exact) mass is 306 g/mol. The maximum atomic E-state index is 4.82. The van der Waals surface area contributed by atoms with Crippen molar-refractivity contribution < 1.29 is 4.84 Å². The fourth-order valence-electron chi connectivity index (χ4n) is 2.88. The summed E-state index contributed by atoms with van der Waals surface area (Å²) in [7, 11) is 1.68. The largest absolute Gasteiger partial charge is 0.305 e. The summed E-state index contributed by atoms with van der Waals surface area (Å²) in [6.45, 7) is 3.34. The van der Waals surface area contributed by atoms with Crippen LogP contribution in [-0.2, 0) is 11.3 Å². The van der Waals surface area contributed by atoms with Crippen LogP contribution in [0.3, 0.4) is 0 Å². The van der Waals surface area contributed by atoms with Crippen LogP contribution in [0, 0.1) is 5.92 Å². The fourth-order valence-corrected chi connectivity index (χ4v) is 2.88. The van der Waals surface area contributed by atoms with Crippen LogP contribution in [0.4, 0.5) is 0 Å². The first-order valence-electron chi connectivity index (χ1n) is 8.97. The van der Waals surface area contributed by atoms with Crippen molar-refractivity contribution in [2.75, 3.05) is 13.7 Å². The van der Waals surface area contributed by atoms with Crippen LogP contribution in [-0.4, -0.2) is 18.6 Å². The van der Waals surface area contributed by atoms with Crippen molar-refractivity contribution in [3.8, 4) is 0 Å². The second-order valence-corrected chi connectivity index (χ2v) is 6.39. The zero-order valence-corrected chi connectivity index (χ0v) is 14.5. The smallest absolute Gasteiger partial charge is 0.0572 e. The highest BCUT2D eigenvalue weighted by molar-refractivity contribution is 5.08. The van der Waals surface area contributed by atoms with Gasteiger partial charge in [0.2, 0.25) is 0 Å². The maximum absolute atomic E-state index is 4.82. The van der Waals surface area contributed by atoms with Crippen molar-refractivity contribution in [1.82, 2.24) is 10.5 Å². The molecule has 126 valence electrons. The lowest BCUT2D eigenvalue weighted by Crippen LogP contribution is -2.12. The van der Waals surface area contributed by atoms with Gasteiger partial charge in [-0.1, -0.05) is 64.4 Å². The normalized spacial score (nSPS) is 12.5. The van der Waals surface area contributed by atoms with Gasteiger partial charge in [0.25, 0.3) is 0 Å². The van der Waals surface area contributed by atoms with Crippen LogP contribution in [0.15, 0.2) is 24.5 Å². The van der Waals surface area contributed by atoms with Crippen molar-refractivity contribution in [3.05, 3.63) is 30.1 Å². The van der Waals surface area contributed by atoms with E-state index >= 15 is 0 Å². The van der Waals surface area contributed by atoms with Crippen LogP contribution in [0.1, 0.15) is 70.3 Å². The predicted octanol–water partition coefficient (Wildman–Crippen LogP) is 4.92. The van der Waals surface area contributed by atoms with Crippen LogP contribution < -0.4 is 5.48 Å². The van der Waals surface area contributed by atoms with Gasteiger partial charge in [-0.2, -0.15) is 0 Å². The van der Waals surface area contributed by atoms with E-state index in [1.165, 1.54) is 69.8 Å². The molecule has 0 aliphatic heterocycles. The van der Waals surface area contributed by atoms with E-state index in [1.807, 2.05) is 18.5 Å². The molecule has 1 atom stereocenters. The number of nitrogens with one attached hydrogen (secondary N) is 1. The molecule has 1 aromatic heterocycles. The molecule has 0 saturated heterocycles. The van der Waals surface area contributed by atoms with Crippen molar-refractivity contribution >= 4 is 0 Å². The van der Waals surface area contributed by atoms with E-state index < -0.39 is 0 Å². The number of unbranched alkanes of at least 4 members (excludes halogenated alkanes) is 7. The average Bonchev–Trinajstić information content (AvgIpc) is 2.53. The average molecular weight is 306 g/mol. The Kier molecular flexibility index (Phi) is 11.9. The molecule has 1 N–H and O–H groups in total. The Hall–Kier alpha value is -0.930. The maximum Gasteiger partial charge on any atom is 0.0572 e. The number of hydrogen-bond acceptors (Lipinski definition) is 3. The summed E-state index contributed by atoms with van der Waals surface area (Å²) in [6, 6.07) is 4.22. The minimum Gasteiger partial charge on any atom is -0.305 e. The Morgan fingerprint density at radius 3 is 2.36 bits per heavy atom. The predicted molar refractivity (Wildman–Crippen MR) is 93.7 cm³/mol. The van der Waals surface area contributed by atoms with Crippen LogP contribution in [0.2, 0.25) is 0 Å². The highest BCUT2D eigenvalue weighted by atomic mass is 16.6. The number of rotatable bonds is 14. The molecule has 0 unspecified atom stereocenters. The molecular formula is C19H34N2O. The molecule has 1 rings (SSSR count). The second kappa shape index (κ2) is 13.7. The molecule has 22 heavy (non-hydrogen) atoms. The highest BCUT2D eigenvalue weighted by Gasteiger charge is 2.03. The van der Waals surface area contributed by atoms with Crippen molar-refractivity contribution in [1.29, 1.82) is 0 Å². The van der Waals surface area contributed by atoms with Crippen molar-refractivity contribution in [3.63, 3.8) is 0 Å². The first kappa shape index (κ1) is 19.1. The Bertz CT molecular complexity index is 343. The Morgan fingerprint density at radius 2 is 1.73 bits per heavy atom. The van der Waals surface area contributed by atoms with E-state index in [4.69, 9.17) is 4.84 Å². The van der Waals surface area contributed by atoms with Gasteiger partial charge in [-0.05, 0) is 30.4 Å². The van der Waals surface area contributed by atoms with E-state index in [0.717, 1.165) is 12.5 Å². The van der Waals surface area contributed by atoms with E-state index in [2.05, 4.69) is 23.5 Å². The van der Waals surface area contributed by atoms with Gasteiger partial charge < -0.3 is 4.84 Å². The molecule has 0 fully saturated rings. The summed E-state index contributed by atoms with van der Waals surface area (Å²) in [5, 5.41) is 0. The van der Waals surface area contributed by atoms with E-state index in [1.54, 1.807) is 7.11 Å². The zero-order valence-electron chi connectivity index (χ0n) is 14.5. The molecule has 0 spiro atoms. The molecule has 0 amide bonds. The third-order valence-corrected chi connectivity index (χ3v) is 4.18. The number of pyridine rings is 1. The van der Waals surface area contributed by atoms with Gasteiger partial charge in [0.1, 0.15) is 0 Å². The van der Waals surface area contributed by atoms with Crippen molar-refractivity contribution in [2.45, 2.75) is 71.1 Å². The molecule has 0 bridgehead atoms. The fraction of sp³-hybridized carbons (Fsp3) is 0.737. The number of aromatic nitrogens is 1. The third kappa shape index (κ3) is 10.7. The zero-order chi connectivity index (χ0) is 15.9. The summed E-state index contributed by atoms with van der Waals surface area (Å²) in [4.78, 5) is 9.01. The van der Waals surface area contributed by atoms with Gasteiger partial charge in [0.05, 0.1) is 7.11 Å². The SMILES string of the molecule is CONCCCCCCCCCC[C@@H](C)Cc1cccnc1. The number of hydrogen-bond donors (Lipinski definition) is 1. The lowest BCUT2D eigenvalue weighted by molar-refractivity contribution is 0.0904. The lowest BCUT2D eigenvalue weighted by atomic mass is 9.96. The molecular weight excluding hydrogens is 272 g/mol. The van der Waals surface area contributed by atoms with Gasteiger partial charge in [0, 0.05) is 18.9 Å². The molecule has 1 heterocycles. The van der Waals surface area contributed by atoms with Gasteiger partial charge in [-0.3, -0.25) is 4.98 Å². The van der Waals surface area contributed by atoms with E-state index in [9.17, 15) is 0 Å². The summed E-state index contributed by atoms with van der Waals surface area (Å²) in [6.07, 6.45) is 17.2. The molecule has 0 radical (unpaired) electrons. The van der Waals surface area contributed by atoms with E-state index in [0.29, 0.717) is 0 Å². The minimum atomic E-state index is 0.775. The first-order chi connectivity index (χ1) is 10.8. The summed E-state index contributed by atoms with van der Waals surface area (Å²) < 4.78 is 0. The number of nitrogens with zero attached hydrogens (tertiary/aromatic N) is 1. The molecule has 0 aliphatic carbocycles. The minimum absolute atomic E-state index is 0.775. The quantitative estimate of drug-likeness (QED) is 0.391. The van der Waals surface area contributed by atoms with Crippen molar-refractivity contribution in [2.24, 2.45) is 5.92 Å². The molecule has 3 nitrogen and oxygen atoms in total. The van der Waals surface area contributed by atoms with Crippen LogP contribution >= 0.6 is 0 Å². The topological polar surface area (TPSA) is 34.1 Å². The van der Waals surface area contributed by atoms with Gasteiger partial charge in [-0.15, -0.1) is 0 Å².